The highest BCUT2D eigenvalue weighted by molar-refractivity contribution is 7.94. The molecule has 0 N–H and O–H groups in total. The van der Waals surface area contributed by atoms with E-state index in [-0.39, 0.29) is 24.0 Å². The lowest BCUT2D eigenvalue weighted by atomic mass is 10.1. The third-order valence-electron chi connectivity index (χ3n) is 4.45. The van der Waals surface area contributed by atoms with E-state index in [1.807, 2.05) is 23.1 Å². The standard InChI is InChI=1S/C20H23NO3S2/c1-16-7-8-19(25-16)14-21(11-9-17-5-3-2-4-6-17)20(22)13-18-10-12-26(23,24)15-18/h2-8,10,12,18H,9,11,13-15H2,1H3. The van der Waals surface area contributed by atoms with Crippen molar-refractivity contribution in [3.8, 4) is 0 Å². The lowest BCUT2D eigenvalue weighted by Gasteiger charge is -2.23. The van der Waals surface area contributed by atoms with Crippen molar-refractivity contribution in [2.45, 2.75) is 26.3 Å². The highest BCUT2D eigenvalue weighted by Crippen LogP contribution is 2.22. The maximum Gasteiger partial charge on any atom is 0.223 e. The van der Waals surface area contributed by atoms with E-state index in [9.17, 15) is 13.2 Å². The van der Waals surface area contributed by atoms with Gasteiger partial charge in [-0.1, -0.05) is 36.4 Å². The van der Waals surface area contributed by atoms with Crippen LogP contribution < -0.4 is 0 Å². The average molecular weight is 390 g/mol. The molecule has 138 valence electrons. The van der Waals surface area contributed by atoms with Crippen LogP contribution in [0.4, 0.5) is 0 Å². The lowest BCUT2D eigenvalue weighted by Crippen LogP contribution is -2.33. The molecule has 0 bridgehead atoms. The molecule has 1 aromatic heterocycles. The molecule has 2 aromatic rings. The molecule has 0 saturated heterocycles. The zero-order valence-electron chi connectivity index (χ0n) is 14.8. The van der Waals surface area contributed by atoms with Crippen LogP contribution in [0.2, 0.25) is 0 Å². The lowest BCUT2D eigenvalue weighted by molar-refractivity contribution is -0.132. The number of hydrogen-bond donors (Lipinski definition) is 0. The number of sulfone groups is 1. The average Bonchev–Trinajstić information content (AvgIpc) is 3.17. The van der Waals surface area contributed by atoms with Crippen LogP contribution in [0.3, 0.4) is 0 Å². The van der Waals surface area contributed by atoms with E-state index in [4.69, 9.17) is 0 Å². The smallest absolute Gasteiger partial charge is 0.223 e. The van der Waals surface area contributed by atoms with Gasteiger partial charge in [-0.05, 0) is 31.0 Å². The van der Waals surface area contributed by atoms with Crippen LogP contribution in [0.1, 0.15) is 21.7 Å². The quantitative estimate of drug-likeness (QED) is 0.727. The summed E-state index contributed by atoms with van der Waals surface area (Å²) in [6, 6.07) is 14.2. The normalized spacial score (nSPS) is 18.1. The van der Waals surface area contributed by atoms with Crippen LogP contribution in [-0.4, -0.2) is 31.5 Å². The van der Waals surface area contributed by atoms with E-state index >= 15 is 0 Å². The van der Waals surface area contributed by atoms with Crippen LogP contribution in [-0.2, 0) is 27.6 Å². The number of amides is 1. The number of nitrogens with zero attached hydrogens (tertiary/aromatic N) is 1. The highest BCUT2D eigenvalue weighted by Gasteiger charge is 2.26. The van der Waals surface area contributed by atoms with Gasteiger partial charge in [-0.15, -0.1) is 11.3 Å². The first-order valence-electron chi connectivity index (χ1n) is 8.69. The van der Waals surface area contributed by atoms with Crippen LogP contribution in [0, 0.1) is 12.8 Å². The van der Waals surface area contributed by atoms with Gasteiger partial charge in [0, 0.05) is 34.0 Å². The molecule has 1 aromatic carbocycles. The van der Waals surface area contributed by atoms with Gasteiger partial charge in [0.05, 0.1) is 12.3 Å². The van der Waals surface area contributed by atoms with Gasteiger partial charge in [-0.2, -0.15) is 0 Å². The van der Waals surface area contributed by atoms with Crippen LogP contribution >= 0.6 is 11.3 Å². The van der Waals surface area contributed by atoms with Gasteiger partial charge in [0.2, 0.25) is 5.91 Å². The number of benzene rings is 1. The number of hydrogen-bond acceptors (Lipinski definition) is 4. The summed E-state index contributed by atoms with van der Waals surface area (Å²) in [4.78, 5) is 17.1. The van der Waals surface area contributed by atoms with Crippen LogP contribution in [0.5, 0.6) is 0 Å². The summed E-state index contributed by atoms with van der Waals surface area (Å²) < 4.78 is 23.2. The molecule has 1 amide bonds. The predicted octanol–water partition coefficient (Wildman–Crippen LogP) is 3.58. The molecule has 0 aliphatic carbocycles. The monoisotopic (exact) mass is 389 g/mol. The minimum atomic E-state index is -3.13. The van der Waals surface area contributed by atoms with Crippen LogP contribution in [0.25, 0.3) is 0 Å². The predicted molar refractivity (Wildman–Crippen MR) is 106 cm³/mol. The van der Waals surface area contributed by atoms with Gasteiger partial charge in [0.1, 0.15) is 0 Å². The SMILES string of the molecule is Cc1ccc(CN(CCc2ccccc2)C(=O)CC2C=CS(=O)(=O)C2)s1. The second kappa shape index (κ2) is 8.18. The van der Waals surface area contributed by atoms with Crippen LogP contribution in [0.15, 0.2) is 53.9 Å². The first-order chi connectivity index (χ1) is 12.4. The van der Waals surface area contributed by atoms with Crippen molar-refractivity contribution >= 4 is 27.1 Å². The summed E-state index contributed by atoms with van der Waals surface area (Å²) in [5.41, 5.74) is 1.19. The minimum Gasteiger partial charge on any atom is -0.337 e. The Bertz CT molecular complexity index is 885. The first-order valence-corrected chi connectivity index (χ1v) is 11.2. The topological polar surface area (TPSA) is 54.5 Å². The number of carbonyl (C=O) groups excluding carboxylic acids is 1. The summed E-state index contributed by atoms with van der Waals surface area (Å²) in [5.74, 6) is -0.154. The zero-order chi connectivity index (χ0) is 18.6. The molecule has 0 saturated carbocycles. The summed E-state index contributed by atoms with van der Waals surface area (Å²) in [5, 5.41) is 1.24. The van der Waals surface area contributed by atoms with Crippen molar-refractivity contribution in [1.82, 2.24) is 4.90 Å². The van der Waals surface area contributed by atoms with Gasteiger partial charge >= 0.3 is 0 Å². The maximum absolute atomic E-state index is 12.8. The zero-order valence-corrected chi connectivity index (χ0v) is 16.4. The molecular formula is C20H23NO3S2. The molecule has 3 rings (SSSR count). The van der Waals surface area contributed by atoms with E-state index in [2.05, 4.69) is 31.2 Å². The van der Waals surface area contributed by atoms with Gasteiger partial charge in [-0.3, -0.25) is 4.79 Å². The number of carbonyl (C=O) groups is 1. The second-order valence-corrected chi connectivity index (χ2v) is 9.99. The van der Waals surface area contributed by atoms with Gasteiger partial charge in [0.15, 0.2) is 9.84 Å². The van der Waals surface area contributed by atoms with Crippen molar-refractivity contribution in [2.75, 3.05) is 12.3 Å². The molecule has 0 fully saturated rings. The van der Waals surface area contributed by atoms with Gasteiger partial charge < -0.3 is 4.90 Å². The Morgan fingerprint density at radius 3 is 2.58 bits per heavy atom. The summed E-state index contributed by atoms with van der Waals surface area (Å²) in [6.45, 7) is 3.26. The van der Waals surface area contributed by atoms with Gasteiger partial charge in [-0.25, -0.2) is 8.42 Å². The number of allylic oxidation sites excluding steroid dienone is 1. The van der Waals surface area contributed by atoms with E-state index < -0.39 is 9.84 Å². The maximum atomic E-state index is 12.8. The Labute approximate surface area is 159 Å². The fraction of sp³-hybridized carbons (Fsp3) is 0.350. The first kappa shape index (κ1) is 18.9. The molecule has 1 unspecified atom stereocenters. The molecule has 1 aliphatic heterocycles. The highest BCUT2D eigenvalue weighted by atomic mass is 32.2. The molecule has 0 radical (unpaired) electrons. The van der Waals surface area contributed by atoms with Crippen molar-refractivity contribution in [2.24, 2.45) is 5.92 Å². The Morgan fingerprint density at radius 1 is 1.19 bits per heavy atom. The molecule has 1 aliphatic rings. The molecule has 4 nitrogen and oxygen atoms in total. The number of rotatable bonds is 7. The Morgan fingerprint density at radius 2 is 1.96 bits per heavy atom. The minimum absolute atomic E-state index is 0.0127. The molecular weight excluding hydrogens is 366 g/mol. The number of aryl methyl sites for hydroxylation is 1. The van der Waals surface area contributed by atoms with E-state index in [0.717, 1.165) is 11.3 Å². The molecule has 0 spiro atoms. The third kappa shape index (κ3) is 5.29. The summed E-state index contributed by atoms with van der Waals surface area (Å²) in [7, 11) is -3.13. The van der Waals surface area contributed by atoms with Crippen molar-refractivity contribution in [3.05, 3.63) is 69.3 Å². The van der Waals surface area contributed by atoms with Gasteiger partial charge in [0.25, 0.3) is 0 Å². The largest absolute Gasteiger partial charge is 0.337 e. The third-order valence-corrected chi connectivity index (χ3v) is 6.90. The summed E-state index contributed by atoms with van der Waals surface area (Å²) >= 11 is 1.69. The summed E-state index contributed by atoms with van der Waals surface area (Å²) in [6.07, 6.45) is 2.68. The molecule has 26 heavy (non-hydrogen) atoms. The van der Waals surface area contributed by atoms with E-state index in [1.54, 1.807) is 17.4 Å². The molecule has 1 atom stereocenters. The van der Waals surface area contributed by atoms with Crippen molar-refractivity contribution in [1.29, 1.82) is 0 Å². The number of thiophene rings is 1. The Hall–Kier alpha value is -1.92. The van der Waals surface area contributed by atoms with E-state index in [0.29, 0.717) is 13.1 Å². The fourth-order valence-corrected chi connectivity index (χ4v) is 5.38. The molecule has 2 heterocycles. The van der Waals surface area contributed by atoms with Crippen molar-refractivity contribution in [3.63, 3.8) is 0 Å². The van der Waals surface area contributed by atoms with E-state index in [1.165, 1.54) is 15.8 Å². The molecule has 6 heteroatoms. The van der Waals surface area contributed by atoms with Crippen molar-refractivity contribution < 1.29 is 13.2 Å². The Balaban J connectivity index is 1.67. The fourth-order valence-electron chi connectivity index (χ4n) is 3.08. The second-order valence-electron chi connectivity index (χ2n) is 6.69. The Kier molecular flexibility index (Phi) is 5.94.